The van der Waals surface area contributed by atoms with Crippen molar-refractivity contribution < 1.29 is 14.0 Å². The molecule has 0 aliphatic heterocycles. The van der Waals surface area contributed by atoms with Crippen LogP contribution in [0.1, 0.15) is 18.9 Å². The van der Waals surface area contributed by atoms with Crippen molar-refractivity contribution in [1.82, 2.24) is 10.1 Å². The van der Waals surface area contributed by atoms with Crippen LogP contribution in [0.3, 0.4) is 0 Å². The summed E-state index contributed by atoms with van der Waals surface area (Å²) in [6, 6.07) is 9.27. The molecule has 0 saturated carbocycles. The summed E-state index contributed by atoms with van der Waals surface area (Å²) in [4.78, 5) is 4.20. The Morgan fingerprint density at radius 1 is 1.19 bits per heavy atom. The van der Waals surface area contributed by atoms with E-state index in [1.807, 2.05) is 6.07 Å². The highest BCUT2D eigenvalue weighted by Crippen LogP contribution is 2.29. The summed E-state index contributed by atoms with van der Waals surface area (Å²) < 4.78 is 18.9. The Bertz CT molecular complexity index is 785. The molecule has 108 valence electrons. The number of fused-ring (bicyclic) bond motifs is 1. The molecule has 5 nitrogen and oxygen atoms in total. The van der Waals surface area contributed by atoms with Gasteiger partial charge < -0.3 is 15.4 Å². The van der Waals surface area contributed by atoms with Crippen LogP contribution in [-0.4, -0.2) is 21.4 Å². The highest BCUT2D eigenvalue weighted by molar-refractivity contribution is 5.95. The molecule has 0 aliphatic rings. The first-order chi connectivity index (χ1) is 10.1. The van der Waals surface area contributed by atoms with Crippen LogP contribution in [-0.2, 0) is 0 Å². The zero-order chi connectivity index (χ0) is 15.0. The van der Waals surface area contributed by atoms with E-state index in [-0.39, 0.29) is 11.7 Å². The maximum atomic E-state index is 13.8. The summed E-state index contributed by atoms with van der Waals surface area (Å²) in [6.45, 7) is 1.54. The van der Waals surface area contributed by atoms with E-state index < -0.39 is 12.1 Å². The second-order valence-electron chi connectivity index (χ2n) is 4.86. The predicted molar refractivity (Wildman–Crippen MR) is 75.8 cm³/mol. The van der Waals surface area contributed by atoms with Crippen LogP contribution >= 0.6 is 0 Å². The number of aromatic nitrogens is 2. The van der Waals surface area contributed by atoms with Crippen molar-refractivity contribution in [3.8, 4) is 11.4 Å². The van der Waals surface area contributed by atoms with Gasteiger partial charge in [0.1, 0.15) is 11.9 Å². The first-order valence-electron chi connectivity index (χ1n) is 6.53. The average Bonchev–Trinajstić information content (AvgIpc) is 2.96. The summed E-state index contributed by atoms with van der Waals surface area (Å²) in [7, 11) is 0. The Balaban J connectivity index is 2.11. The van der Waals surface area contributed by atoms with Crippen molar-refractivity contribution >= 4 is 10.8 Å². The summed E-state index contributed by atoms with van der Waals surface area (Å²) in [5.41, 5.74) is 6.41. The van der Waals surface area contributed by atoms with Crippen molar-refractivity contribution in [1.29, 1.82) is 0 Å². The van der Waals surface area contributed by atoms with E-state index in [1.165, 1.54) is 6.07 Å². The fraction of sp³-hybridized carbons (Fsp3) is 0.200. The van der Waals surface area contributed by atoms with Crippen LogP contribution in [0.5, 0.6) is 0 Å². The van der Waals surface area contributed by atoms with Gasteiger partial charge in [-0.2, -0.15) is 4.98 Å². The molecular weight excluding hydrogens is 273 g/mol. The number of benzene rings is 2. The molecule has 6 heteroatoms. The Labute approximate surface area is 120 Å². The fourth-order valence-electron chi connectivity index (χ4n) is 2.14. The molecule has 0 bridgehead atoms. The average molecular weight is 287 g/mol. The van der Waals surface area contributed by atoms with Crippen molar-refractivity contribution in [2.24, 2.45) is 5.73 Å². The molecule has 0 amide bonds. The molecule has 2 unspecified atom stereocenters. The van der Waals surface area contributed by atoms with Crippen molar-refractivity contribution in [2.45, 2.75) is 19.1 Å². The number of hydrogen-bond acceptors (Lipinski definition) is 5. The summed E-state index contributed by atoms with van der Waals surface area (Å²) in [6.07, 6.45) is -0.803. The van der Waals surface area contributed by atoms with Gasteiger partial charge in [-0.1, -0.05) is 29.4 Å². The maximum absolute atomic E-state index is 13.8. The van der Waals surface area contributed by atoms with Gasteiger partial charge >= 0.3 is 0 Å². The summed E-state index contributed by atoms with van der Waals surface area (Å²) in [5.74, 6) is 0.157. The first kappa shape index (κ1) is 13.7. The van der Waals surface area contributed by atoms with E-state index in [2.05, 4.69) is 10.1 Å². The lowest BCUT2D eigenvalue weighted by molar-refractivity contribution is 0.146. The molecule has 1 aromatic heterocycles. The highest BCUT2D eigenvalue weighted by Gasteiger charge is 2.21. The van der Waals surface area contributed by atoms with Crippen molar-refractivity contribution in [2.75, 3.05) is 0 Å². The minimum Gasteiger partial charge on any atom is -0.391 e. The monoisotopic (exact) mass is 287 g/mol. The molecule has 0 fully saturated rings. The number of hydrogen-bond donors (Lipinski definition) is 2. The van der Waals surface area contributed by atoms with E-state index >= 15 is 0 Å². The Morgan fingerprint density at radius 2 is 1.90 bits per heavy atom. The third kappa shape index (κ3) is 2.39. The smallest absolute Gasteiger partial charge is 0.246 e. The van der Waals surface area contributed by atoms with Gasteiger partial charge in [-0.3, -0.25) is 0 Å². The van der Waals surface area contributed by atoms with Gasteiger partial charge in [0.15, 0.2) is 0 Å². The third-order valence-electron chi connectivity index (χ3n) is 3.36. The van der Waals surface area contributed by atoms with Gasteiger partial charge in [-0.05, 0) is 24.4 Å². The lowest BCUT2D eigenvalue weighted by Gasteiger charge is -2.08. The molecule has 2 atom stereocenters. The molecule has 3 rings (SSSR count). The van der Waals surface area contributed by atoms with E-state index in [1.54, 1.807) is 31.2 Å². The number of halogens is 1. The Kier molecular flexibility index (Phi) is 3.40. The Morgan fingerprint density at radius 3 is 2.62 bits per heavy atom. The summed E-state index contributed by atoms with van der Waals surface area (Å²) >= 11 is 0. The number of nitrogens with two attached hydrogens (primary N) is 1. The fourth-order valence-corrected chi connectivity index (χ4v) is 2.14. The molecule has 3 N–H and O–H groups in total. The molecule has 0 spiro atoms. The standard InChI is InChI=1S/C15H14FN3O2/c1-8(20)13(17)15-18-14(19-21-15)11-6-7-12(16)10-5-3-2-4-9(10)11/h2-8,13,20H,17H2,1H3. The third-order valence-corrected chi connectivity index (χ3v) is 3.36. The summed E-state index contributed by atoms with van der Waals surface area (Å²) in [5, 5.41) is 14.5. The molecule has 2 aromatic carbocycles. The lowest BCUT2D eigenvalue weighted by Crippen LogP contribution is -2.23. The molecule has 0 radical (unpaired) electrons. The number of nitrogens with zero attached hydrogens (tertiary/aromatic N) is 2. The Hall–Kier alpha value is -2.31. The van der Waals surface area contributed by atoms with Gasteiger partial charge in [0, 0.05) is 10.9 Å². The SMILES string of the molecule is CC(O)C(N)c1nc(-c2ccc(F)c3ccccc23)no1. The number of aliphatic hydroxyl groups excluding tert-OH is 1. The van der Waals surface area contributed by atoms with Crippen LogP contribution in [0.4, 0.5) is 4.39 Å². The first-order valence-corrected chi connectivity index (χ1v) is 6.53. The van der Waals surface area contributed by atoms with Crippen LogP contribution in [0.25, 0.3) is 22.2 Å². The van der Waals surface area contributed by atoms with Crippen LogP contribution in [0.15, 0.2) is 40.9 Å². The van der Waals surface area contributed by atoms with Gasteiger partial charge in [-0.15, -0.1) is 0 Å². The van der Waals surface area contributed by atoms with Gasteiger partial charge in [0.05, 0.1) is 6.10 Å². The molecule has 1 heterocycles. The van der Waals surface area contributed by atoms with Crippen LogP contribution in [0, 0.1) is 5.82 Å². The number of aliphatic hydroxyl groups is 1. The quantitative estimate of drug-likeness (QED) is 0.772. The normalized spacial score (nSPS) is 14.3. The van der Waals surface area contributed by atoms with Crippen LogP contribution < -0.4 is 5.73 Å². The second kappa shape index (κ2) is 5.23. The van der Waals surface area contributed by atoms with Crippen molar-refractivity contribution in [3.05, 3.63) is 48.1 Å². The number of rotatable bonds is 3. The molecule has 21 heavy (non-hydrogen) atoms. The molecule has 3 aromatic rings. The zero-order valence-corrected chi connectivity index (χ0v) is 11.3. The largest absolute Gasteiger partial charge is 0.391 e. The van der Waals surface area contributed by atoms with Crippen molar-refractivity contribution in [3.63, 3.8) is 0 Å². The second-order valence-corrected chi connectivity index (χ2v) is 4.86. The van der Waals surface area contributed by atoms with Gasteiger partial charge in [0.2, 0.25) is 11.7 Å². The zero-order valence-electron chi connectivity index (χ0n) is 11.3. The minimum atomic E-state index is -0.803. The molecule has 0 saturated heterocycles. The van der Waals surface area contributed by atoms with E-state index in [4.69, 9.17) is 10.3 Å². The minimum absolute atomic E-state index is 0.147. The van der Waals surface area contributed by atoms with Gasteiger partial charge in [0.25, 0.3) is 0 Å². The lowest BCUT2D eigenvalue weighted by atomic mass is 10.0. The topological polar surface area (TPSA) is 85.2 Å². The van der Waals surface area contributed by atoms with Gasteiger partial charge in [-0.25, -0.2) is 4.39 Å². The van der Waals surface area contributed by atoms with E-state index in [9.17, 15) is 9.50 Å². The maximum Gasteiger partial charge on any atom is 0.246 e. The molecular formula is C15H14FN3O2. The predicted octanol–water partition coefficient (Wildman–Crippen LogP) is 2.41. The van der Waals surface area contributed by atoms with Crippen LogP contribution in [0.2, 0.25) is 0 Å². The van der Waals surface area contributed by atoms with E-state index in [0.717, 1.165) is 0 Å². The highest BCUT2D eigenvalue weighted by atomic mass is 19.1. The molecule has 0 aliphatic carbocycles. The van der Waals surface area contributed by atoms with E-state index in [0.29, 0.717) is 22.2 Å².